The number of carbonyl (C=O) groups excluding carboxylic acids is 2. The van der Waals surface area contributed by atoms with Gasteiger partial charge in [-0.05, 0) is 48.9 Å². The van der Waals surface area contributed by atoms with Gasteiger partial charge in [0.15, 0.2) is 0 Å². The fourth-order valence-corrected chi connectivity index (χ4v) is 3.94. The molecule has 2 aromatic carbocycles. The maximum Gasteiger partial charge on any atom is 0.253 e. The molecule has 0 unspecified atom stereocenters. The highest BCUT2D eigenvalue weighted by Gasteiger charge is 2.27. The zero-order chi connectivity index (χ0) is 17.2. The lowest BCUT2D eigenvalue weighted by atomic mass is 9.87. The van der Waals surface area contributed by atoms with Gasteiger partial charge in [-0.15, -0.1) is 0 Å². The summed E-state index contributed by atoms with van der Waals surface area (Å²) in [6.45, 7) is 0.690. The van der Waals surface area contributed by atoms with Crippen molar-refractivity contribution in [2.75, 3.05) is 11.4 Å². The van der Waals surface area contributed by atoms with E-state index >= 15 is 0 Å². The average molecular weight is 334 g/mol. The Hall–Kier alpha value is -2.62. The fourth-order valence-electron chi connectivity index (χ4n) is 3.94. The molecule has 0 spiro atoms. The summed E-state index contributed by atoms with van der Waals surface area (Å²) in [6, 6.07) is 15.8. The zero-order valence-electron chi connectivity index (χ0n) is 14.2. The minimum atomic E-state index is -0.1000. The molecule has 1 aliphatic heterocycles. The van der Waals surface area contributed by atoms with Gasteiger partial charge in [-0.25, -0.2) is 0 Å². The molecule has 1 atom stereocenters. The third kappa shape index (κ3) is 3.04. The highest BCUT2D eigenvalue weighted by molar-refractivity contribution is 6.05. The van der Waals surface area contributed by atoms with Crippen LogP contribution in [0.1, 0.15) is 53.2 Å². The number of nitrogens with zero attached hydrogens (tertiary/aromatic N) is 1. The molecule has 4 rings (SSSR count). The van der Waals surface area contributed by atoms with Crippen molar-refractivity contribution in [1.82, 2.24) is 5.32 Å². The standard InChI is InChI=1S/C21H22N2O2/c24-20-13-6-14-23(20)19-12-4-3-10-17(19)21(25)22-18-11-5-8-15-7-1-2-9-16(15)18/h1-4,7,9-10,12,18H,5-6,8,11,13-14H2,(H,22,25)/t18-/m0/s1. The molecule has 4 heteroatoms. The fraction of sp³-hybridized carbons (Fsp3) is 0.333. The monoisotopic (exact) mass is 334 g/mol. The van der Waals surface area contributed by atoms with E-state index < -0.39 is 0 Å². The minimum absolute atomic E-state index is 0.0415. The number of carbonyl (C=O) groups is 2. The number of nitrogens with one attached hydrogen (secondary N) is 1. The van der Waals surface area contributed by atoms with E-state index in [-0.39, 0.29) is 17.9 Å². The van der Waals surface area contributed by atoms with Crippen molar-refractivity contribution in [2.45, 2.75) is 38.1 Å². The second-order valence-corrected chi connectivity index (χ2v) is 6.78. The summed E-state index contributed by atoms with van der Waals surface area (Å²) in [4.78, 5) is 26.8. The van der Waals surface area contributed by atoms with E-state index in [4.69, 9.17) is 0 Å². The molecule has 1 fully saturated rings. The molecule has 4 nitrogen and oxygen atoms in total. The van der Waals surface area contributed by atoms with Crippen LogP contribution < -0.4 is 10.2 Å². The number of para-hydroxylation sites is 1. The Morgan fingerprint density at radius 3 is 2.64 bits per heavy atom. The van der Waals surface area contributed by atoms with Gasteiger partial charge in [0, 0.05) is 13.0 Å². The highest BCUT2D eigenvalue weighted by Crippen LogP contribution is 2.31. The normalized spacial score (nSPS) is 19.6. The van der Waals surface area contributed by atoms with Crippen LogP contribution in [-0.4, -0.2) is 18.4 Å². The van der Waals surface area contributed by atoms with Gasteiger partial charge in [-0.3, -0.25) is 9.59 Å². The van der Waals surface area contributed by atoms with E-state index in [1.54, 1.807) is 4.90 Å². The molecular weight excluding hydrogens is 312 g/mol. The number of hydrogen-bond acceptors (Lipinski definition) is 2. The first-order valence-electron chi connectivity index (χ1n) is 9.02. The maximum atomic E-state index is 13.0. The van der Waals surface area contributed by atoms with Gasteiger partial charge in [0.05, 0.1) is 17.3 Å². The van der Waals surface area contributed by atoms with Gasteiger partial charge >= 0.3 is 0 Å². The molecule has 0 saturated carbocycles. The summed E-state index contributed by atoms with van der Waals surface area (Å²) in [5.41, 5.74) is 3.85. The van der Waals surface area contributed by atoms with Gasteiger partial charge < -0.3 is 10.2 Å². The molecule has 2 aliphatic rings. The van der Waals surface area contributed by atoms with Crippen molar-refractivity contribution in [3.8, 4) is 0 Å². The van der Waals surface area contributed by atoms with Gasteiger partial charge in [-0.1, -0.05) is 36.4 Å². The van der Waals surface area contributed by atoms with Crippen molar-refractivity contribution in [2.24, 2.45) is 0 Å². The van der Waals surface area contributed by atoms with Crippen molar-refractivity contribution < 1.29 is 9.59 Å². The molecular formula is C21H22N2O2. The van der Waals surface area contributed by atoms with E-state index in [0.717, 1.165) is 31.4 Å². The third-order valence-corrected chi connectivity index (χ3v) is 5.19. The first kappa shape index (κ1) is 15.9. The van der Waals surface area contributed by atoms with Crippen LogP contribution in [0.25, 0.3) is 0 Å². The van der Waals surface area contributed by atoms with Crippen LogP contribution in [-0.2, 0) is 11.2 Å². The van der Waals surface area contributed by atoms with E-state index in [9.17, 15) is 9.59 Å². The Morgan fingerprint density at radius 2 is 1.80 bits per heavy atom. The number of rotatable bonds is 3. The van der Waals surface area contributed by atoms with Crippen LogP contribution in [0.2, 0.25) is 0 Å². The van der Waals surface area contributed by atoms with Gasteiger partial charge in [0.25, 0.3) is 5.91 Å². The minimum Gasteiger partial charge on any atom is -0.345 e. The molecule has 0 bridgehead atoms. The molecule has 1 aliphatic carbocycles. The predicted octanol–water partition coefficient (Wildman–Crippen LogP) is 3.62. The molecule has 2 aromatic rings. The summed E-state index contributed by atoms with van der Waals surface area (Å²) < 4.78 is 0. The Kier molecular flexibility index (Phi) is 4.26. The molecule has 1 N–H and O–H groups in total. The number of fused-ring (bicyclic) bond motifs is 1. The summed E-state index contributed by atoms with van der Waals surface area (Å²) in [6.07, 6.45) is 4.51. The molecule has 0 aromatic heterocycles. The zero-order valence-corrected chi connectivity index (χ0v) is 14.2. The lowest BCUT2D eigenvalue weighted by Crippen LogP contribution is -2.33. The van der Waals surface area contributed by atoms with Crippen LogP contribution >= 0.6 is 0 Å². The van der Waals surface area contributed by atoms with E-state index in [1.165, 1.54) is 11.1 Å². The van der Waals surface area contributed by atoms with Gasteiger partial charge in [0.1, 0.15) is 0 Å². The third-order valence-electron chi connectivity index (χ3n) is 5.19. The van der Waals surface area contributed by atoms with Crippen molar-refractivity contribution in [3.05, 3.63) is 65.2 Å². The van der Waals surface area contributed by atoms with Crippen molar-refractivity contribution in [3.63, 3.8) is 0 Å². The Morgan fingerprint density at radius 1 is 1.00 bits per heavy atom. The Bertz CT molecular complexity index is 815. The van der Waals surface area contributed by atoms with Crippen LogP contribution in [0, 0.1) is 0 Å². The first-order chi connectivity index (χ1) is 12.2. The number of hydrogen-bond donors (Lipinski definition) is 1. The van der Waals surface area contributed by atoms with E-state index in [2.05, 4.69) is 23.5 Å². The SMILES string of the molecule is O=C(N[C@H]1CCCc2ccccc21)c1ccccc1N1CCCC1=O. The molecule has 0 radical (unpaired) electrons. The quantitative estimate of drug-likeness (QED) is 0.932. The topological polar surface area (TPSA) is 49.4 Å². The van der Waals surface area contributed by atoms with Crippen LogP contribution in [0.4, 0.5) is 5.69 Å². The number of benzene rings is 2. The van der Waals surface area contributed by atoms with Gasteiger partial charge in [0.2, 0.25) is 5.91 Å². The Balaban J connectivity index is 1.60. The van der Waals surface area contributed by atoms with E-state index in [1.807, 2.05) is 30.3 Å². The summed E-state index contributed by atoms with van der Waals surface area (Å²) in [5, 5.41) is 3.19. The summed E-state index contributed by atoms with van der Waals surface area (Å²) in [5.74, 6) is 0.000245. The lowest BCUT2D eigenvalue weighted by Gasteiger charge is -2.27. The molecule has 1 heterocycles. The van der Waals surface area contributed by atoms with Crippen LogP contribution in [0.3, 0.4) is 0 Å². The summed E-state index contributed by atoms with van der Waals surface area (Å²) in [7, 11) is 0. The molecule has 128 valence electrons. The average Bonchev–Trinajstić information content (AvgIpc) is 3.08. The van der Waals surface area contributed by atoms with Crippen molar-refractivity contribution in [1.29, 1.82) is 0 Å². The highest BCUT2D eigenvalue weighted by atomic mass is 16.2. The van der Waals surface area contributed by atoms with Crippen LogP contribution in [0.5, 0.6) is 0 Å². The Labute approximate surface area is 147 Å². The lowest BCUT2D eigenvalue weighted by molar-refractivity contribution is -0.117. The smallest absolute Gasteiger partial charge is 0.253 e. The van der Waals surface area contributed by atoms with E-state index in [0.29, 0.717) is 18.5 Å². The molecule has 25 heavy (non-hydrogen) atoms. The van der Waals surface area contributed by atoms with Crippen LogP contribution in [0.15, 0.2) is 48.5 Å². The molecule has 1 saturated heterocycles. The van der Waals surface area contributed by atoms with Crippen molar-refractivity contribution >= 4 is 17.5 Å². The summed E-state index contributed by atoms with van der Waals surface area (Å²) >= 11 is 0. The van der Waals surface area contributed by atoms with Gasteiger partial charge in [-0.2, -0.15) is 0 Å². The predicted molar refractivity (Wildman–Crippen MR) is 97.6 cm³/mol. The first-order valence-corrected chi connectivity index (χ1v) is 9.02. The number of aryl methyl sites for hydroxylation is 1. The largest absolute Gasteiger partial charge is 0.345 e. The number of amides is 2. The second kappa shape index (κ2) is 6.71. The maximum absolute atomic E-state index is 13.0. The molecule has 2 amide bonds. The second-order valence-electron chi connectivity index (χ2n) is 6.78. The number of anilines is 1.